The van der Waals surface area contributed by atoms with E-state index in [9.17, 15) is 13.2 Å². The lowest BCUT2D eigenvalue weighted by atomic mass is 10.2. The number of hydrogen-bond donors (Lipinski definition) is 2. The van der Waals surface area contributed by atoms with Gasteiger partial charge in [-0.1, -0.05) is 0 Å². The van der Waals surface area contributed by atoms with Gasteiger partial charge in [0, 0.05) is 20.3 Å². The highest BCUT2D eigenvalue weighted by Gasteiger charge is 2.25. The number of benzene rings is 1. The van der Waals surface area contributed by atoms with Gasteiger partial charge in [0.15, 0.2) is 5.03 Å². The largest absolute Gasteiger partial charge is 0.478 e. The number of hydrogen-bond acceptors (Lipinski definition) is 5. The Morgan fingerprint density at radius 1 is 1.43 bits per heavy atom. The molecule has 1 aromatic carbocycles. The van der Waals surface area contributed by atoms with Crippen LogP contribution in [0.3, 0.4) is 0 Å². The van der Waals surface area contributed by atoms with Crippen LogP contribution in [0.4, 0.5) is 11.4 Å². The van der Waals surface area contributed by atoms with E-state index in [1.54, 1.807) is 7.05 Å². The third kappa shape index (κ3) is 2.68. The molecule has 0 aliphatic rings. The van der Waals surface area contributed by atoms with Crippen LogP contribution in [0.2, 0.25) is 0 Å². The molecule has 0 aliphatic carbocycles. The quantitative estimate of drug-likeness (QED) is 0.795. The van der Waals surface area contributed by atoms with Crippen LogP contribution in [0.5, 0.6) is 0 Å². The van der Waals surface area contributed by atoms with Crippen molar-refractivity contribution < 1.29 is 18.3 Å². The van der Waals surface area contributed by atoms with E-state index in [0.717, 1.165) is 4.31 Å². The summed E-state index contributed by atoms with van der Waals surface area (Å²) in [7, 11) is -0.869. The van der Waals surface area contributed by atoms with Crippen LogP contribution in [0.25, 0.3) is 0 Å². The topological polar surface area (TPSA) is 119 Å². The number of rotatable bonds is 4. The Morgan fingerprint density at radius 3 is 2.57 bits per heavy atom. The summed E-state index contributed by atoms with van der Waals surface area (Å²) in [6.45, 7) is 0. The molecule has 0 amide bonds. The van der Waals surface area contributed by atoms with Gasteiger partial charge in [-0.05, 0) is 18.2 Å². The lowest BCUT2D eigenvalue weighted by Gasteiger charge is -2.20. The maximum atomic E-state index is 12.4. The zero-order valence-corrected chi connectivity index (χ0v) is 12.2. The highest BCUT2D eigenvalue weighted by atomic mass is 32.2. The Balaban J connectivity index is 2.44. The smallest absolute Gasteiger partial charge is 0.335 e. The van der Waals surface area contributed by atoms with E-state index in [4.69, 9.17) is 10.8 Å². The van der Waals surface area contributed by atoms with Crippen LogP contribution in [-0.4, -0.2) is 36.1 Å². The average molecular weight is 310 g/mol. The molecule has 3 N–H and O–H groups in total. The predicted octanol–water partition coefficient (Wildman–Crippen LogP) is 0.526. The van der Waals surface area contributed by atoms with E-state index in [1.807, 2.05) is 0 Å². The van der Waals surface area contributed by atoms with Crippen molar-refractivity contribution in [3.63, 3.8) is 0 Å². The molecule has 0 saturated heterocycles. The average Bonchev–Trinajstić information content (AvgIpc) is 2.85. The molecule has 0 aliphatic heterocycles. The van der Waals surface area contributed by atoms with Crippen LogP contribution < -0.4 is 10.0 Å². The highest BCUT2D eigenvalue weighted by Crippen LogP contribution is 2.27. The third-order valence-corrected chi connectivity index (χ3v) is 4.58. The fourth-order valence-corrected chi connectivity index (χ4v) is 2.95. The molecule has 2 aromatic rings. The van der Waals surface area contributed by atoms with Crippen LogP contribution in [0.1, 0.15) is 10.4 Å². The molecule has 0 unspecified atom stereocenters. The summed E-state index contributed by atoms with van der Waals surface area (Å²) in [6, 6.07) is 3.85. The Morgan fingerprint density at radius 2 is 2.10 bits per heavy atom. The summed E-state index contributed by atoms with van der Waals surface area (Å²) in [5, 5.41) is 8.76. The standard InChI is InChI=1S/C12H14N4O4S/c1-15-6-11(14-7-15)21(19,20)16(2)10-4-3-8(12(17)18)5-9(10)13/h3-7H,13H2,1-2H3,(H,17,18). The Hall–Kier alpha value is -2.55. The molecule has 0 bridgehead atoms. The number of nitrogens with zero attached hydrogens (tertiary/aromatic N) is 3. The van der Waals surface area contributed by atoms with E-state index >= 15 is 0 Å². The number of aromatic carboxylic acids is 1. The van der Waals surface area contributed by atoms with Crippen molar-refractivity contribution in [2.24, 2.45) is 7.05 Å². The molecule has 0 fully saturated rings. The second kappa shape index (κ2) is 5.09. The van der Waals surface area contributed by atoms with E-state index in [1.165, 1.54) is 42.3 Å². The monoisotopic (exact) mass is 310 g/mol. The molecule has 112 valence electrons. The maximum absolute atomic E-state index is 12.4. The number of aromatic nitrogens is 2. The summed E-state index contributed by atoms with van der Waals surface area (Å²) in [5.74, 6) is -1.14. The van der Waals surface area contributed by atoms with Crippen LogP contribution in [-0.2, 0) is 17.1 Å². The minimum atomic E-state index is -3.85. The predicted molar refractivity (Wildman–Crippen MR) is 76.6 cm³/mol. The molecule has 0 atom stereocenters. The zero-order valence-electron chi connectivity index (χ0n) is 11.4. The summed E-state index contributed by atoms with van der Waals surface area (Å²) < 4.78 is 27.3. The van der Waals surface area contributed by atoms with E-state index in [-0.39, 0.29) is 22.0 Å². The van der Waals surface area contributed by atoms with Crippen molar-refractivity contribution in [2.45, 2.75) is 5.03 Å². The molecule has 0 spiro atoms. The minimum Gasteiger partial charge on any atom is -0.478 e. The molecule has 8 nitrogen and oxygen atoms in total. The Bertz CT molecular complexity index is 797. The van der Waals surface area contributed by atoms with Crippen LogP contribution in [0.15, 0.2) is 35.7 Å². The van der Waals surface area contributed by atoms with Crippen LogP contribution in [0, 0.1) is 0 Å². The number of carboxylic acid groups (broad SMARTS) is 1. The van der Waals surface area contributed by atoms with Gasteiger partial charge in [-0.2, -0.15) is 8.42 Å². The second-order valence-corrected chi connectivity index (χ2v) is 6.34. The normalized spacial score (nSPS) is 11.3. The van der Waals surface area contributed by atoms with Gasteiger partial charge in [-0.3, -0.25) is 4.31 Å². The van der Waals surface area contributed by atoms with Gasteiger partial charge in [0.1, 0.15) is 0 Å². The molecule has 2 rings (SSSR count). The van der Waals surface area contributed by atoms with Crippen molar-refractivity contribution in [3.8, 4) is 0 Å². The molecule has 1 aromatic heterocycles. The summed E-state index contributed by atoms with van der Waals surface area (Å²) in [5.41, 5.74) is 5.97. The molecular weight excluding hydrogens is 296 g/mol. The van der Waals surface area contributed by atoms with E-state index < -0.39 is 16.0 Å². The first-order valence-corrected chi connectivity index (χ1v) is 7.27. The third-order valence-electron chi connectivity index (χ3n) is 2.92. The van der Waals surface area contributed by atoms with Gasteiger partial charge >= 0.3 is 5.97 Å². The molecule has 0 radical (unpaired) electrons. The molecule has 1 heterocycles. The number of aryl methyl sites for hydroxylation is 1. The number of anilines is 2. The Kier molecular flexibility index (Phi) is 3.60. The number of nitrogens with two attached hydrogens (primary N) is 1. The lowest BCUT2D eigenvalue weighted by molar-refractivity contribution is 0.0697. The summed E-state index contributed by atoms with van der Waals surface area (Å²) >= 11 is 0. The fourth-order valence-electron chi connectivity index (χ4n) is 1.77. The van der Waals surface area contributed by atoms with Crippen molar-refractivity contribution >= 4 is 27.4 Å². The van der Waals surface area contributed by atoms with Gasteiger partial charge in [0.2, 0.25) is 0 Å². The van der Waals surface area contributed by atoms with E-state index in [2.05, 4.69) is 4.98 Å². The molecule has 0 saturated carbocycles. The number of nitrogen functional groups attached to an aromatic ring is 1. The lowest BCUT2D eigenvalue weighted by Crippen LogP contribution is -2.27. The first-order chi connectivity index (χ1) is 9.73. The summed E-state index contributed by atoms with van der Waals surface area (Å²) in [6.07, 6.45) is 2.74. The highest BCUT2D eigenvalue weighted by molar-refractivity contribution is 7.92. The summed E-state index contributed by atoms with van der Waals surface area (Å²) in [4.78, 5) is 14.7. The Labute approximate surface area is 121 Å². The molecule has 21 heavy (non-hydrogen) atoms. The molecular formula is C12H14N4O4S. The van der Waals surface area contributed by atoms with E-state index in [0.29, 0.717) is 0 Å². The second-order valence-electron chi connectivity index (χ2n) is 4.43. The number of imidazole rings is 1. The van der Waals surface area contributed by atoms with Gasteiger partial charge in [0.25, 0.3) is 10.0 Å². The minimum absolute atomic E-state index is 0.0140. The van der Waals surface area contributed by atoms with Crippen molar-refractivity contribution in [1.29, 1.82) is 0 Å². The van der Waals surface area contributed by atoms with Crippen molar-refractivity contribution in [3.05, 3.63) is 36.3 Å². The molecule has 9 heteroatoms. The van der Waals surface area contributed by atoms with Gasteiger partial charge in [-0.25, -0.2) is 9.78 Å². The van der Waals surface area contributed by atoms with Gasteiger partial charge in [-0.15, -0.1) is 0 Å². The van der Waals surface area contributed by atoms with Crippen LogP contribution >= 0.6 is 0 Å². The SMILES string of the molecule is CN(c1ccc(C(=O)O)cc1N)S(=O)(=O)c1cn(C)cn1. The van der Waals surface area contributed by atoms with Crippen molar-refractivity contribution in [1.82, 2.24) is 9.55 Å². The maximum Gasteiger partial charge on any atom is 0.335 e. The first kappa shape index (κ1) is 14.9. The zero-order chi connectivity index (χ0) is 15.8. The van der Waals surface area contributed by atoms with Gasteiger partial charge in [0.05, 0.1) is 23.3 Å². The number of carbonyl (C=O) groups is 1. The first-order valence-electron chi connectivity index (χ1n) is 5.83. The van der Waals surface area contributed by atoms with Gasteiger partial charge < -0.3 is 15.4 Å². The number of sulfonamides is 1. The van der Waals surface area contributed by atoms with Crippen molar-refractivity contribution in [2.75, 3.05) is 17.1 Å². The number of carboxylic acids is 1. The fraction of sp³-hybridized carbons (Fsp3) is 0.167.